The van der Waals surface area contributed by atoms with E-state index in [1.165, 1.54) is 18.2 Å². The molecule has 0 aliphatic rings. The minimum atomic E-state index is -3.66. The summed E-state index contributed by atoms with van der Waals surface area (Å²) in [4.78, 5) is 0.112. The molecular weight excluding hydrogens is 391 g/mol. The minimum absolute atomic E-state index is 0.112. The maximum atomic E-state index is 13.7. The summed E-state index contributed by atoms with van der Waals surface area (Å²) in [5, 5.41) is 8.44. The fourth-order valence-corrected chi connectivity index (χ4v) is 3.35. The molecule has 0 fully saturated rings. The quantitative estimate of drug-likeness (QED) is 0.526. The van der Waals surface area contributed by atoms with Gasteiger partial charge in [-0.2, -0.15) is 0 Å². The second-order valence-electron chi connectivity index (χ2n) is 6.64. The maximum absolute atomic E-state index is 13.7. The van der Waals surface area contributed by atoms with Gasteiger partial charge in [-0.05, 0) is 54.4 Å². The van der Waals surface area contributed by atoms with Crippen molar-refractivity contribution in [1.29, 1.82) is 0 Å². The Kier molecular flexibility index (Phi) is 6.98. The van der Waals surface area contributed by atoms with Crippen LogP contribution in [-0.4, -0.2) is 15.0 Å². The minimum Gasteiger partial charge on any atom is -0.489 e. The van der Waals surface area contributed by atoms with Gasteiger partial charge in [-0.25, -0.2) is 17.9 Å². The van der Waals surface area contributed by atoms with E-state index in [0.29, 0.717) is 17.9 Å². The molecule has 0 unspecified atom stereocenters. The molecule has 0 aliphatic carbocycles. The summed E-state index contributed by atoms with van der Waals surface area (Å²) in [6.45, 7) is 1.57. The molecule has 3 aromatic carbocycles. The monoisotopic (exact) mass is 414 g/mol. The van der Waals surface area contributed by atoms with Gasteiger partial charge in [0.25, 0.3) is 0 Å². The van der Waals surface area contributed by atoms with Gasteiger partial charge in [0, 0.05) is 12.1 Å². The Bertz CT molecular complexity index is 1050. The summed E-state index contributed by atoms with van der Waals surface area (Å²) in [7, 11) is -3.66. The van der Waals surface area contributed by atoms with Gasteiger partial charge in [0.15, 0.2) is 0 Å². The molecule has 0 saturated carbocycles. The smallest absolute Gasteiger partial charge is 0.238 e. The summed E-state index contributed by atoms with van der Waals surface area (Å²) < 4.78 is 41.9. The van der Waals surface area contributed by atoms with Crippen LogP contribution in [0.2, 0.25) is 0 Å². The SMILES string of the molecule is NS(=O)(=O)c1ccc(CCNCc2cccc(OCc3ccccc3F)c2)cc1. The first-order valence-corrected chi connectivity index (χ1v) is 10.7. The molecule has 7 heteroatoms. The Balaban J connectivity index is 1.46. The third-order valence-corrected chi connectivity index (χ3v) is 5.35. The largest absolute Gasteiger partial charge is 0.489 e. The van der Waals surface area contributed by atoms with Crippen LogP contribution in [0.5, 0.6) is 5.75 Å². The van der Waals surface area contributed by atoms with E-state index in [2.05, 4.69) is 5.32 Å². The van der Waals surface area contributed by atoms with Crippen molar-refractivity contribution in [1.82, 2.24) is 5.32 Å². The molecular formula is C22H23FN2O3S. The van der Waals surface area contributed by atoms with Crippen LogP contribution < -0.4 is 15.2 Å². The van der Waals surface area contributed by atoms with Crippen molar-refractivity contribution < 1.29 is 17.5 Å². The molecule has 0 amide bonds. The number of hydrogen-bond acceptors (Lipinski definition) is 4. The summed E-state index contributed by atoms with van der Waals surface area (Å²) in [6.07, 6.45) is 0.758. The number of rotatable bonds is 9. The lowest BCUT2D eigenvalue weighted by Crippen LogP contribution is -2.17. The predicted molar refractivity (Wildman–Crippen MR) is 110 cm³/mol. The van der Waals surface area contributed by atoms with Crippen LogP contribution in [0.25, 0.3) is 0 Å². The topological polar surface area (TPSA) is 81.4 Å². The number of ether oxygens (including phenoxy) is 1. The molecule has 0 bridgehead atoms. The van der Waals surface area contributed by atoms with Crippen molar-refractivity contribution in [3.05, 3.63) is 95.3 Å². The highest BCUT2D eigenvalue weighted by Crippen LogP contribution is 2.16. The number of nitrogens with one attached hydrogen (secondary N) is 1. The molecule has 0 spiro atoms. The number of benzene rings is 3. The van der Waals surface area contributed by atoms with Gasteiger partial charge in [-0.15, -0.1) is 0 Å². The number of primary sulfonamides is 1. The Labute approximate surface area is 170 Å². The van der Waals surface area contributed by atoms with Crippen molar-refractivity contribution in [2.75, 3.05) is 6.54 Å². The van der Waals surface area contributed by atoms with E-state index < -0.39 is 10.0 Å². The Hall–Kier alpha value is -2.74. The fourth-order valence-electron chi connectivity index (χ4n) is 2.83. The lowest BCUT2D eigenvalue weighted by molar-refractivity contribution is 0.299. The molecule has 3 aromatic rings. The second-order valence-corrected chi connectivity index (χ2v) is 8.20. The van der Waals surface area contributed by atoms with Crippen molar-refractivity contribution in [2.45, 2.75) is 24.5 Å². The van der Waals surface area contributed by atoms with Crippen LogP contribution in [0.3, 0.4) is 0 Å². The van der Waals surface area contributed by atoms with Crippen LogP contribution in [0.1, 0.15) is 16.7 Å². The third kappa shape index (κ3) is 6.39. The highest BCUT2D eigenvalue weighted by Gasteiger charge is 2.06. The maximum Gasteiger partial charge on any atom is 0.238 e. The van der Waals surface area contributed by atoms with E-state index >= 15 is 0 Å². The van der Waals surface area contributed by atoms with Crippen LogP contribution >= 0.6 is 0 Å². The summed E-state index contributed by atoms with van der Waals surface area (Å²) in [6, 6.07) is 20.8. The van der Waals surface area contributed by atoms with Crippen LogP contribution in [0.15, 0.2) is 77.7 Å². The van der Waals surface area contributed by atoms with E-state index in [-0.39, 0.29) is 17.3 Å². The van der Waals surface area contributed by atoms with Gasteiger partial charge in [-0.1, -0.05) is 42.5 Å². The van der Waals surface area contributed by atoms with Gasteiger partial charge >= 0.3 is 0 Å². The van der Waals surface area contributed by atoms with Gasteiger partial charge in [-0.3, -0.25) is 0 Å². The Morgan fingerprint density at radius 1 is 0.931 bits per heavy atom. The van der Waals surface area contributed by atoms with Crippen LogP contribution in [-0.2, 0) is 29.6 Å². The number of sulfonamides is 1. The van der Waals surface area contributed by atoms with Crippen molar-refractivity contribution in [3.63, 3.8) is 0 Å². The van der Waals surface area contributed by atoms with Gasteiger partial charge in [0.2, 0.25) is 10.0 Å². The fraction of sp³-hybridized carbons (Fsp3) is 0.182. The molecule has 0 radical (unpaired) electrons. The lowest BCUT2D eigenvalue weighted by atomic mass is 10.1. The van der Waals surface area contributed by atoms with Gasteiger partial charge in [0.05, 0.1) is 4.90 Å². The van der Waals surface area contributed by atoms with E-state index in [1.54, 1.807) is 30.3 Å². The Morgan fingerprint density at radius 2 is 1.69 bits per heavy atom. The molecule has 0 heterocycles. The first-order chi connectivity index (χ1) is 13.9. The summed E-state index contributed by atoms with van der Waals surface area (Å²) in [5.41, 5.74) is 2.59. The molecule has 29 heavy (non-hydrogen) atoms. The predicted octanol–water partition coefficient (Wildman–Crippen LogP) is 3.38. The van der Waals surface area contributed by atoms with Crippen molar-refractivity contribution in [2.24, 2.45) is 5.14 Å². The zero-order valence-corrected chi connectivity index (χ0v) is 16.7. The molecule has 5 nitrogen and oxygen atoms in total. The van der Waals surface area contributed by atoms with E-state index in [4.69, 9.17) is 9.88 Å². The summed E-state index contributed by atoms with van der Waals surface area (Å²) in [5.74, 6) is 0.411. The molecule has 0 atom stereocenters. The zero-order chi connectivity index (χ0) is 20.7. The molecule has 0 saturated heterocycles. The highest BCUT2D eigenvalue weighted by atomic mass is 32.2. The molecule has 152 valence electrons. The number of hydrogen-bond donors (Lipinski definition) is 2. The third-order valence-electron chi connectivity index (χ3n) is 4.42. The normalized spacial score (nSPS) is 11.4. The highest BCUT2D eigenvalue weighted by molar-refractivity contribution is 7.89. The van der Waals surface area contributed by atoms with Crippen LogP contribution in [0, 0.1) is 5.82 Å². The average Bonchev–Trinajstić information content (AvgIpc) is 2.71. The number of nitrogens with two attached hydrogens (primary N) is 1. The van der Waals surface area contributed by atoms with Crippen molar-refractivity contribution in [3.8, 4) is 5.75 Å². The molecule has 0 aromatic heterocycles. The lowest BCUT2D eigenvalue weighted by Gasteiger charge is -2.10. The van der Waals surface area contributed by atoms with Gasteiger partial charge < -0.3 is 10.1 Å². The van der Waals surface area contributed by atoms with Crippen LogP contribution in [0.4, 0.5) is 4.39 Å². The molecule has 0 aliphatic heterocycles. The average molecular weight is 415 g/mol. The van der Waals surface area contributed by atoms with Crippen molar-refractivity contribution >= 4 is 10.0 Å². The molecule has 3 rings (SSSR count). The van der Waals surface area contributed by atoms with E-state index in [0.717, 1.165) is 24.1 Å². The molecule has 3 N–H and O–H groups in total. The first-order valence-electron chi connectivity index (χ1n) is 9.19. The zero-order valence-electron chi connectivity index (χ0n) is 15.8. The van der Waals surface area contributed by atoms with E-state index in [9.17, 15) is 12.8 Å². The summed E-state index contributed by atoms with van der Waals surface area (Å²) >= 11 is 0. The Morgan fingerprint density at radius 3 is 2.41 bits per heavy atom. The second kappa shape index (κ2) is 9.65. The standard InChI is InChI=1S/C22H23FN2O3S/c23-22-7-2-1-5-19(22)16-28-20-6-3-4-18(14-20)15-25-13-12-17-8-10-21(11-9-17)29(24,26)27/h1-11,14,25H,12-13,15-16H2,(H2,24,26,27). The first kappa shape index (κ1) is 21.0. The number of halogens is 1. The van der Waals surface area contributed by atoms with Gasteiger partial charge in [0.1, 0.15) is 18.2 Å². The van der Waals surface area contributed by atoms with E-state index in [1.807, 2.05) is 24.3 Å².